The maximum absolute atomic E-state index is 11.9. The van der Waals surface area contributed by atoms with Crippen molar-refractivity contribution < 1.29 is 45.8 Å². The summed E-state index contributed by atoms with van der Waals surface area (Å²) >= 11 is 0. The third-order valence-electron chi connectivity index (χ3n) is 1.99. The van der Waals surface area contributed by atoms with Gasteiger partial charge in [0.2, 0.25) is 0 Å². The van der Waals surface area contributed by atoms with Gasteiger partial charge in [-0.25, -0.2) is 0 Å². The molecule has 1 fully saturated rings. The van der Waals surface area contributed by atoms with Gasteiger partial charge in [-0.1, -0.05) is 0 Å². The van der Waals surface area contributed by atoms with Gasteiger partial charge >= 0.3 is 15.6 Å². The first kappa shape index (κ1) is 14.6. The first-order valence-corrected chi connectivity index (χ1v) is 5.62. The second kappa shape index (κ2) is 4.66. The number of rotatable bonds is 2. The van der Waals surface area contributed by atoms with Gasteiger partial charge in [-0.05, 0) is 0 Å². The second-order valence-electron chi connectivity index (χ2n) is 3.24. The van der Waals surface area contributed by atoms with Crippen LogP contribution in [0.15, 0.2) is 0 Å². The molecule has 0 bridgehead atoms. The Morgan fingerprint density at radius 1 is 1.18 bits per heavy atom. The molecule has 0 aromatic heterocycles. The third kappa shape index (κ3) is 3.05. The second-order valence-corrected chi connectivity index (χ2v) is 4.80. The molecule has 4 atom stereocenters. The Morgan fingerprint density at radius 3 is 2.18 bits per heavy atom. The standard InChI is InChI=1S/C6H9F3O7S/c7-6(8,9)17(13,14)16-2-1-15-5(12)4(11)3(2)10/h2-5,10-12H,1H2/t2-,3+,4-,5-/m1/s1. The van der Waals surface area contributed by atoms with Crippen molar-refractivity contribution in [1.29, 1.82) is 0 Å². The number of alkyl halides is 3. The summed E-state index contributed by atoms with van der Waals surface area (Å²) in [6, 6.07) is 0. The van der Waals surface area contributed by atoms with E-state index < -0.39 is 46.8 Å². The van der Waals surface area contributed by atoms with Crippen molar-refractivity contribution in [2.75, 3.05) is 6.61 Å². The molecule has 1 heterocycles. The molecule has 0 aliphatic carbocycles. The molecular weight excluding hydrogens is 273 g/mol. The smallest absolute Gasteiger partial charge is 0.387 e. The Bertz CT molecular complexity index is 366. The maximum atomic E-state index is 11.9. The summed E-state index contributed by atoms with van der Waals surface area (Å²) in [7, 11) is -5.90. The molecule has 0 spiro atoms. The molecule has 17 heavy (non-hydrogen) atoms. The molecule has 0 saturated carbocycles. The maximum Gasteiger partial charge on any atom is 0.523 e. The van der Waals surface area contributed by atoms with Crippen LogP contribution in [0.2, 0.25) is 0 Å². The van der Waals surface area contributed by atoms with Crippen LogP contribution in [0, 0.1) is 0 Å². The zero-order valence-electron chi connectivity index (χ0n) is 8.03. The highest BCUT2D eigenvalue weighted by Crippen LogP contribution is 2.28. The fourth-order valence-electron chi connectivity index (χ4n) is 1.08. The van der Waals surface area contributed by atoms with Crippen molar-refractivity contribution >= 4 is 10.1 Å². The van der Waals surface area contributed by atoms with Crippen molar-refractivity contribution in [3.05, 3.63) is 0 Å². The third-order valence-corrected chi connectivity index (χ3v) is 3.06. The van der Waals surface area contributed by atoms with Gasteiger partial charge < -0.3 is 20.1 Å². The van der Waals surface area contributed by atoms with Crippen LogP contribution < -0.4 is 0 Å². The van der Waals surface area contributed by atoms with Crippen LogP contribution in [-0.4, -0.2) is 60.5 Å². The summed E-state index contributed by atoms with van der Waals surface area (Å²) in [5.41, 5.74) is -5.65. The van der Waals surface area contributed by atoms with Crippen molar-refractivity contribution in [2.24, 2.45) is 0 Å². The minimum Gasteiger partial charge on any atom is -0.387 e. The summed E-state index contributed by atoms with van der Waals surface area (Å²) in [6.07, 6.45) is -7.74. The van der Waals surface area contributed by atoms with E-state index in [1.807, 2.05) is 0 Å². The van der Waals surface area contributed by atoms with Crippen LogP contribution in [0.25, 0.3) is 0 Å². The van der Waals surface area contributed by atoms with E-state index in [1.54, 1.807) is 0 Å². The molecule has 7 nitrogen and oxygen atoms in total. The Balaban J connectivity index is 2.77. The van der Waals surface area contributed by atoms with Crippen LogP contribution in [0.5, 0.6) is 0 Å². The lowest BCUT2D eigenvalue weighted by atomic mass is 10.1. The monoisotopic (exact) mass is 282 g/mol. The quantitative estimate of drug-likeness (QED) is 0.408. The first-order chi connectivity index (χ1) is 7.56. The predicted molar refractivity (Wildman–Crippen MR) is 43.8 cm³/mol. The van der Waals surface area contributed by atoms with E-state index in [4.69, 9.17) is 10.2 Å². The predicted octanol–water partition coefficient (Wildman–Crippen LogP) is -1.71. The first-order valence-electron chi connectivity index (χ1n) is 4.21. The van der Waals surface area contributed by atoms with Crippen molar-refractivity contribution in [1.82, 2.24) is 0 Å². The molecule has 1 rings (SSSR count). The van der Waals surface area contributed by atoms with Gasteiger partial charge in [0.15, 0.2) is 6.29 Å². The largest absolute Gasteiger partial charge is 0.523 e. The molecular formula is C6H9F3O7S. The van der Waals surface area contributed by atoms with Crippen molar-refractivity contribution in [3.8, 4) is 0 Å². The molecule has 11 heteroatoms. The summed E-state index contributed by atoms with van der Waals surface area (Å²) in [5.74, 6) is 0. The highest BCUT2D eigenvalue weighted by atomic mass is 32.2. The SMILES string of the molecule is O=S(=O)(O[C@@H]1CO[C@@H](O)[C@H](O)[C@H]1O)C(F)(F)F. The number of aliphatic hydroxyl groups is 3. The zero-order valence-corrected chi connectivity index (χ0v) is 8.85. The summed E-state index contributed by atoms with van der Waals surface area (Å²) in [4.78, 5) is 0. The van der Waals surface area contributed by atoms with E-state index in [0.717, 1.165) is 0 Å². The molecule has 102 valence electrons. The van der Waals surface area contributed by atoms with Crippen molar-refractivity contribution in [2.45, 2.75) is 30.1 Å². The fourth-order valence-corrected chi connectivity index (χ4v) is 1.69. The number of aliphatic hydroxyl groups excluding tert-OH is 3. The fraction of sp³-hybridized carbons (Fsp3) is 1.00. The molecule has 3 N–H and O–H groups in total. The molecule has 1 saturated heterocycles. The van der Waals surface area contributed by atoms with Crippen LogP contribution in [0.3, 0.4) is 0 Å². The average Bonchev–Trinajstić information content (AvgIpc) is 2.17. The van der Waals surface area contributed by atoms with Crippen LogP contribution in [0.4, 0.5) is 13.2 Å². The topological polar surface area (TPSA) is 113 Å². The van der Waals surface area contributed by atoms with E-state index in [-0.39, 0.29) is 0 Å². The van der Waals surface area contributed by atoms with E-state index in [0.29, 0.717) is 0 Å². The molecule has 0 amide bonds. The van der Waals surface area contributed by atoms with Crippen molar-refractivity contribution in [3.63, 3.8) is 0 Å². The molecule has 1 aliphatic heterocycles. The normalized spacial score (nSPS) is 35.9. The molecule has 0 unspecified atom stereocenters. The summed E-state index contributed by atoms with van der Waals surface area (Å²) in [5, 5.41) is 27.1. The number of ether oxygens (including phenoxy) is 1. The molecule has 0 aromatic rings. The summed E-state index contributed by atoms with van der Waals surface area (Å²) < 4.78 is 65.0. The minimum atomic E-state index is -5.90. The number of hydrogen-bond acceptors (Lipinski definition) is 7. The molecule has 1 aliphatic rings. The van der Waals surface area contributed by atoms with E-state index in [1.165, 1.54) is 0 Å². The van der Waals surface area contributed by atoms with Gasteiger partial charge in [0.25, 0.3) is 0 Å². The van der Waals surface area contributed by atoms with E-state index in [2.05, 4.69) is 8.92 Å². The number of hydrogen-bond donors (Lipinski definition) is 3. The van der Waals surface area contributed by atoms with E-state index in [9.17, 15) is 26.7 Å². The van der Waals surface area contributed by atoms with Gasteiger partial charge in [-0.2, -0.15) is 21.6 Å². The number of halogens is 3. The minimum absolute atomic E-state index is 0.811. The van der Waals surface area contributed by atoms with Gasteiger partial charge in [-0.3, -0.25) is 4.18 Å². The lowest BCUT2D eigenvalue weighted by molar-refractivity contribution is -0.248. The average molecular weight is 282 g/mol. The van der Waals surface area contributed by atoms with E-state index >= 15 is 0 Å². The zero-order chi connectivity index (χ0) is 13.4. The summed E-state index contributed by atoms with van der Waals surface area (Å²) in [6.45, 7) is -0.811. The van der Waals surface area contributed by atoms with Crippen LogP contribution in [0.1, 0.15) is 0 Å². The Morgan fingerprint density at radius 2 is 1.71 bits per heavy atom. The van der Waals surface area contributed by atoms with Gasteiger partial charge in [0.05, 0.1) is 6.61 Å². The van der Waals surface area contributed by atoms with Gasteiger partial charge in [0, 0.05) is 0 Å². The van der Waals surface area contributed by atoms with Crippen LogP contribution in [-0.2, 0) is 19.0 Å². The lowest BCUT2D eigenvalue weighted by Crippen LogP contribution is -2.54. The molecule has 0 radical (unpaired) electrons. The Hall–Kier alpha value is -0.460. The Labute approximate surface area is 93.5 Å². The Kier molecular flexibility index (Phi) is 4.01. The van der Waals surface area contributed by atoms with Gasteiger partial charge in [-0.15, -0.1) is 0 Å². The highest BCUT2D eigenvalue weighted by Gasteiger charge is 2.51. The highest BCUT2D eigenvalue weighted by molar-refractivity contribution is 7.87. The lowest BCUT2D eigenvalue weighted by Gasteiger charge is -2.34. The molecule has 0 aromatic carbocycles. The van der Waals surface area contributed by atoms with Gasteiger partial charge in [0.1, 0.15) is 18.3 Å². The van der Waals surface area contributed by atoms with Crippen LogP contribution >= 0.6 is 0 Å².